The molecular weight excluding hydrogens is 348 g/mol. The van der Waals surface area contributed by atoms with Gasteiger partial charge in [-0.25, -0.2) is 9.80 Å². The van der Waals surface area contributed by atoms with Crippen LogP contribution in [0, 0.1) is 11.3 Å². The van der Waals surface area contributed by atoms with E-state index in [2.05, 4.69) is 15.5 Å². The van der Waals surface area contributed by atoms with Gasteiger partial charge in [0.1, 0.15) is 0 Å². The van der Waals surface area contributed by atoms with E-state index in [4.69, 9.17) is 5.26 Å². The van der Waals surface area contributed by atoms with Gasteiger partial charge < -0.3 is 10.1 Å². The molecule has 8 heteroatoms. The van der Waals surface area contributed by atoms with Gasteiger partial charge in [-0.1, -0.05) is 12.1 Å². The highest BCUT2D eigenvalue weighted by Gasteiger charge is 2.15. The lowest BCUT2D eigenvalue weighted by Crippen LogP contribution is -2.45. The molecule has 27 heavy (non-hydrogen) atoms. The van der Waals surface area contributed by atoms with Crippen LogP contribution in [-0.2, 0) is 20.7 Å². The smallest absolute Gasteiger partial charge is 0.345 e. The van der Waals surface area contributed by atoms with Crippen LogP contribution in [0.25, 0.3) is 0 Å². The first kappa shape index (κ1) is 19.5. The summed E-state index contributed by atoms with van der Waals surface area (Å²) in [7, 11) is 1.34. The zero-order valence-corrected chi connectivity index (χ0v) is 14.6. The van der Waals surface area contributed by atoms with Crippen LogP contribution in [0.15, 0.2) is 48.5 Å². The average Bonchev–Trinajstić information content (AvgIpc) is 2.71. The summed E-state index contributed by atoms with van der Waals surface area (Å²) in [6, 6.07) is 14.6. The molecule has 0 aliphatic heterocycles. The first-order valence-electron chi connectivity index (χ1n) is 8.04. The van der Waals surface area contributed by atoms with E-state index in [9.17, 15) is 14.4 Å². The Kier molecular flexibility index (Phi) is 6.91. The molecule has 0 atom stereocenters. The Labute approximate surface area is 156 Å². The number of ether oxygens (including phenoxy) is 1. The molecule has 2 rings (SSSR count). The number of esters is 1. The quantitative estimate of drug-likeness (QED) is 0.444. The van der Waals surface area contributed by atoms with Crippen molar-refractivity contribution < 1.29 is 19.1 Å². The van der Waals surface area contributed by atoms with Crippen LogP contribution < -0.4 is 15.8 Å². The van der Waals surface area contributed by atoms with Crippen LogP contribution in [-0.4, -0.2) is 25.5 Å². The summed E-state index contributed by atoms with van der Waals surface area (Å²) in [4.78, 5) is 34.5. The standard InChI is InChI=1S/C19H18N4O4/c1-27-18(25)11-6-14-2-7-16(8-3-14)22-19(26)23(21-13-24)17-9-4-15(12-20)5-10-17/h2-5,7-10,13H,6,11H2,1H3,(H,21,24)(H,22,26). The van der Waals surface area contributed by atoms with E-state index in [-0.39, 0.29) is 12.4 Å². The fourth-order valence-electron chi connectivity index (χ4n) is 2.27. The second-order valence-corrected chi connectivity index (χ2v) is 5.44. The largest absolute Gasteiger partial charge is 0.469 e. The molecule has 0 radical (unpaired) electrons. The molecule has 0 saturated carbocycles. The number of nitriles is 1. The topological polar surface area (TPSA) is 112 Å². The molecule has 0 aromatic heterocycles. The van der Waals surface area contributed by atoms with Gasteiger partial charge in [-0.2, -0.15) is 5.26 Å². The number of carbonyl (C=O) groups excluding carboxylic acids is 3. The van der Waals surface area contributed by atoms with Crippen molar-refractivity contribution in [2.24, 2.45) is 0 Å². The fraction of sp³-hybridized carbons (Fsp3) is 0.158. The number of methoxy groups -OCH3 is 1. The van der Waals surface area contributed by atoms with Crippen LogP contribution >= 0.6 is 0 Å². The second kappa shape index (κ2) is 9.58. The average molecular weight is 366 g/mol. The van der Waals surface area contributed by atoms with E-state index < -0.39 is 6.03 Å². The van der Waals surface area contributed by atoms with Gasteiger partial charge in [-0.15, -0.1) is 0 Å². The molecule has 8 nitrogen and oxygen atoms in total. The van der Waals surface area contributed by atoms with Crippen LogP contribution in [0.1, 0.15) is 17.5 Å². The minimum absolute atomic E-state index is 0.276. The summed E-state index contributed by atoms with van der Waals surface area (Å²) < 4.78 is 4.60. The number of rotatable bonds is 7. The monoisotopic (exact) mass is 366 g/mol. The van der Waals surface area contributed by atoms with Gasteiger partial charge in [0, 0.05) is 12.1 Å². The maximum atomic E-state index is 12.5. The van der Waals surface area contributed by atoms with Crippen LogP contribution in [0.4, 0.5) is 16.2 Å². The van der Waals surface area contributed by atoms with Gasteiger partial charge in [-0.3, -0.25) is 15.0 Å². The molecule has 0 fully saturated rings. The predicted octanol–water partition coefficient (Wildman–Crippen LogP) is 2.36. The summed E-state index contributed by atoms with van der Waals surface area (Å²) >= 11 is 0. The van der Waals surface area contributed by atoms with Crippen molar-refractivity contribution in [2.75, 3.05) is 17.4 Å². The summed E-state index contributed by atoms with van der Waals surface area (Å²) in [5, 5.41) is 12.5. The van der Waals surface area contributed by atoms with Crippen LogP contribution in [0.5, 0.6) is 0 Å². The Morgan fingerprint density at radius 3 is 2.37 bits per heavy atom. The summed E-state index contributed by atoms with van der Waals surface area (Å²) in [6.07, 6.45) is 1.19. The SMILES string of the molecule is COC(=O)CCc1ccc(NC(=O)N(NC=O)c2ccc(C#N)cc2)cc1. The Morgan fingerprint density at radius 2 is 1.81 bits per heavy atom. The summed E-state index contributed by atoms with van der Waals surface area (Å²) in [5.41, 5.74) is 4.59. The number of amides is 3. The first-order valence-corrected chi connectivity index (χ1v) is 8.04. The zero-order chi connectivity index (χ0) is 19.6. The number of anilines is 2. The Morgan fingerprint density at radius 1 is 1.15 bits per heavy atom. The number of aryl methyl sites for hydroxylation is 1. The number of nitrogens with zero attached hydrogens (tertiary/aromatic N) is 2. The molecule has 2 aromatic carbocycles. The molecule has 0 aliphatic carbocycles. The summed E-state index contributed by atoms with van der Waals surface area (Å²) in [5.74, 6) is -0.287. The van der Waals surface area contributed by atoms with Gasteiger partial charge in [0.15, 0.2) is 0 Å². The van der Waals surface area contributed by atoms with Crippen molar-refractivity contribution in [3.05, 3.63) is 59.7 Å². The highest BCUT2D eigenvalue weighted by atomic mass is 16.5. The Bertz CT molecular complexity index is 842. The molecule has 0 aliphatic rings. The lowest BCUT2D eigenvalue weighted by atomic mass is 10.1. The number of urea groups is 1. The molecule has 138 valence electrons. The van der Waals surface area contributed by atoms with Gasteiger partial charge >= 0.3 is 12.0 Å². The van der Waals surface area contributed by atoms with Gasteiger partial charge in [-0.05, 0) is 48.4 Å². The lowest BCUT2D eigenvalue weighted by molar-refractivity contribution is -0.140. The highest BCUT2D eigenvalue weighted by molar-refractivity contribution is 6.02. The van der Waals surface area contributed by atoms with E-state index in [1.807, 2.05) is 6.07 Å². The number of carbonyl (C=O) groups is 3. The van der Waals surface area contributed by atoms with Crippen molar-refractivity contribution in [3.63, 3.8) is 0 Å². The minimum atomic E-state index is -0.575. The highest BCUT2D eigenvalue weighted by Crippen LogP contribution is 2.16. The molecule has 0 spiro atoms. The number of hydrogen-bond donors (Lipinski definition) is 2. The van der Waals surface area contributed by atoms with E-state index >= 15 is 0 Å². The van der Waals surface area contributed by atoms with E-state index in [0.717, 1.165) is 10.6 Å². The minimum Gasteiger partial charge on any atom is -0.469 e. The Hall–Kier alpha value is -3.86. The molecular formula is C19H18N4O4. The maximum absolute atomic E-state index is 12.5. The fourth-order valence-corrected chi connectivity index (χ4v) is 2.27. The molecule has 0 saturated heterocycles. The predicted molar refractivity (Wildman–Crippen MR) is 98.6 cm³/mol. The zero-order valence-electron chi connectivity index (χ0n) is 14.6. The number of benzene rings is 2. The van der Waals surface area contributed by atoms with Gasteiger partial charge in [0.25, 0.3) is 0 Å². The second-order valence-electron chi connectivity index (χ2n) is 5.44. The van der Waals surface area contributed by atoms with Crippen molar-refractivity contribution in [3.8, 4) is 6.07 Å². The third-order valence-corrected chi connectivity index (χ3v) is 3.69. The third-order valence-electron chi connectivity index (χ3n) is 3.69. The lowest BCUT2D eigenvalue weighted by Gasteiger charge is -2.21. The molecule has 0 bridgehead atoms. The molecule has 2 aromatic rings. The van der Waals surface area contributed by atoms with Crippen LogP contribution in [0.3, 0.4) is 0 Å². The van der Waals surface area contributed by atoms with Gasteiger partial charge in [0.2, 0.25) is 6.41 Å². The number of hydrazine groups is 1. The van der Waals surface area contributed by atoms with Crippen molar-refractivity contribution in [1.29, 1.82) is 5.26 Å². The van der Waals surface area contributed by atoms with Gasteiger partial charge in [0.05, 0.1) is 24.4 Å². The number of hydrogen-bond acceptors (Lipinski definition) is 5. The van der Waals surface area contributed by atoms with Crippen molar-refractivity contribution in [1.82, 2.24) is 5.43 Å². The van der Waals surface area contributed by atoms with E-state index in [1.54, 1.807) is 36.4 Å². The first-order chi connectivity index (χ1) is 13.1. The molecule has 2 N–H and O–H groups in total. The van der Waals surface area contributed by atoms with Crippen molar-refractivity contribution >= 4 is 29.8 Å². The third kappa shape index (κ3) is 5.57. The molecule has 3 amide bonds. The Balaban J connectivity index is 2.05. The molecule has 0 heterocycles. The van der Waals surface area contributed by atoms with E-state index in [1.165, 1.54) is 19.2 Å². The van der Waals surface area contributed by atoms with Crippen molar-refractivity contribution in [2.45, 2.75) is 12.8 Å². The van der Waals surface area contributed by atoms with Crippen LogP contribution in [0.2, 0.25) is 0 Å². The maximum Gasteiger partial charge on any atom is 0.345 e. The normalized spacial score (nSPS) is 9.63. The van der Waals surface area contributed by atoms with E-state index in [0.29, 0.717) is 29.8 Å². The number of nitrogens with one attached hydrogen (secondary N) is 2. The molecule has 0 unspecified atom stereocenters. The summed E-state index contributed by atoms with van der Waals surface area (Å²) in [6.45, 7) is 0.